The van der Waals surface area contributed by atoms with Gasteiger partial charge in [-0.15, -0.1) is 0 Å². The average molecular weight is 127 g/mol. The fourth-order valence-corrected chi connectivity index (χ4v) is 0.427. The lowest BCUT2D eigenvalue weighted by molar-refractivity contribution is 0.649. The van der Waals surface area contributed by atoms with Crippen LogP contribution in [0.4, 0.5) is 0 Å². The van der Waals surface area contributed by atoms with Crippen LogP contribution in [0.1, 0.15) is 19.8 Å². The molecule has 0 aromatic heterocycles. The first-order valence-corrected chi connectivity index (χ1v) is 3.51. The molecule has 0 atom stereocenters. The summed E-state index contributed by atoms with van der Waals surface area (Å²) < 4.78 is 0. The van der Waals surface area contributed by atoms with Crippen LogP contribution in [-0.2, 0) is 0 Å². The van der Waals surface area contributed by atoms with E-state index >= 15 is 0 Å². The highest BCUT2D eigenvalue weighted by atomic mass is 15.4. The molecule has 0 bridgehead atoms. The highest BCUT2D eigenvalue weighted by Gasteiger charge is 1.78. The molecule has 4 heteroatoms. The molecule has 0 aliphatic heterocycles. The standard InChI is InChI=1S/C5H14BN3/c1-3-4-5-7-9-8-6-2/h6H,3-5H2,1-2H3,(H,7,8). The molecule has 0 radical (unpaired) electrons. The number of nitrogens with zero attached hydrogens (tertiary/aromatic N) is 2. The van der Waals surface area contributed by atoms with Gasteiger partial charge in [0, 0.05) is 6.54 Å². The van der Waals surface area contributed by atoms with Crippen molar-refractivity contribution in [2.75, 3.05) is 6.54 Å². The first-order chi connectivity index (χ1) is 4.41. The second-order valence-corrected chi connectivity index (χ2v) is 1.82. The second-order valence-electron chi connectivity index (χ2n) is 1.82. The third-order valence-corrected chi connectivity index (χ3v) is 0.925. The molecule has 9 heavy (non-hydrogen) atoms. The maximum absolute atomic E-state index is 3.76. The van der Waals surface area contributed by atoms with Crippen LogP contribution < -0.4 is 5.43 Å². The summed E-state index contributed by atoms with van der Waals surface area (Å²) in [5.74, 6) is 0. The van der Waals surface area contributed by atoms with Crippen LogP contribution in [0.2, 0.25) is 6.82 Å². The lowest BCUT2D eigenvalue weighted by atomic mass is 10.0. The van der Waals surface area contributed by atoms with Gasteiger partial charge in [-0.1, -0.05) is 25.4 Å². The van der Waals surface area contributed by atoms with Crippen molar-refractivity contribution >= 4 is 7.41 Å². The third kappa shape index (κ3) is 7.46. The van der Waals surface area contributed by atoms with E-state index in [9.17, 15) is 0 Å². The SMILES string of the molecule is CB/N=N/NCCCC. The summed E-state index contributed by atoms with van der Waals surface area (Å²) in [7, 11) is 0.763. The summed E-state index contributed by atoms with van der Waals surface area (Å²) in [4.78, 5) is 0. The third-order valence-electron chi connectivity index (χ3n) is 0.925. The van der Waals surface area contributed by atoms with Crippen LogP contribution in [0, 0.1) is 0 Å². The van der Waals surface area contributed by atoms with Crippen LogP contribution >= 0.6 is 0 Å². The van der Waals surface area contributed by atoms with Crippen molar-refractivity contribution in [3.63, 3.8) is 0 Å². The molecule has 0 saturated carbocycles. The first kappa shape index (κ1) is 8.46. The zero-order valence-electron chi connectivity index (χ0n) is 6.22. The van der Waals surface area contributed by atoms with E-state index in [2.05, 4.69) is 22.6 Å². The molecule has 0 aliphatic carbocycles. The van der Waals surface area contributed by atoms with Gasteiger partial charge in [-0.3, -0.25) is 5.43 Å². The minimum Gasteiger partial charge on any atom is -0.293 e. The largest absolute Gasteiger partial charge is 0.293 e. The Kier molecular flexibility index (Phi) is 7.02. The molecular weight excluding hydrogens is 113 g/mol. The average Bonchev–Trinajstić information content (AvgIpc) is 1.89. The Balaban J connectivity index is 2.82. The van der Waals surface area contributed by atoms with Gasteiger partial charge in [0.15, 0.2) is 0 Å². The van der Waals surface area contributed by atoms with Crippen LogP contribution in [0.15, 0.2) is 10.2 Å². The lowest BCUT2D eigenvalue weighted by Gasteiger charge is -1.93. The van der Waals surface area contributed by atoms with Gasteiger partial charge < -0.3 is 0 Å². The fourth-order valence-electron chi connectivity index (χ4n) is 0.427. The summed E-state index contributed by atoms with van der Waals surface area (Å²) in [5.41, 5.74) is 2.85. The number of hydrogen-bond donors (Lipinski definition) is 1. The van der Waals surface area contributed by atoms with Crippen LogP contribution in [0.3, 0.4) is 0 Å². The zero-order valence-corrected chi connectivity index (χ0v) is 6.22. The molecule has 0 aliphatic rings. The predicted molar refractivity (Wildman–Crippen MR) is 40.8 cm³/mol. The Morgan fingerprint density at radius 2 is 2.33 bits per heavy atom. The molecule has 0 amide bonds. The Bertz CT molecular complexity index is 74.6. The predicted octanol–water partition coefficient (Wildman–Crippen LogP) is 1.14. The normalized spacial score (nSPS) is 10.0. The van der Waals surface area contributed by atoms with E-state index in [0.717, 1.165) is 14.0 Å². The lowest BCUT2D eigenvalue weighted by Crippen LogP contribution is -2.05. The maximum atomic E-state index is 3.76. The number of hydrogen-bond acceptors (Lipinski definition) is 2. The maximum Gasteiger partial charge on any atom is 0.290 e. The van der Waals surface area contributed by atoms with Gasteiger partial charge >= 0.3 is 0 Å². The molecule has 0 fully saturated rings. The Hall–Kier alpha value is -0.535. The Morgan fingerprint density at radius 3 is 2.89 bits per heavy atom. The molecule has 0 aromatic rings. The molecule has 0 aromatic carbocycles. The van der Waals surface area contributed by atoms with E-state index < -0.39 is 0 Å². The zero-order chi connectivity index (χ0) is 6.95. The van der Waals surface area contributed by atoms with Crippen LogP contribution in [0.5, 0.6) is 0 Å². The molecule has 52 valence electrons. The molecular formula is C5H14BN3. The van der Waals surface area contributed by atoms with Gasteiger partial charge in [-0.25, -0.2) is 5.03 Å². The second kappa shape index (κ2) is 7.46. The van der Waals surface area contributed by atoms with Gasteiger partial charge in [-0.2, -0.15) is 0 Å². The Labute approximate surface area is 57.2 Å². The molecule has 0 spiro atoms. The summed E-state index contributed by atoms with van der Waals surface area (Å²) in [6.45, 7) is 5.06. The molecule has 0 rings (SSSR count). The number of rotatable bonds is 5. The topological polar surface area (TPSA) is 36.8 Å². The summed E-state index contributed by atoms with van der Waals surface area (Å²) in [6, 6.07) is 0. The molecule has 3 nitrogen and oxygen atoms in total. The van der Waals surface area contributed by atoms with E-state index in [0.29, 0.717) is 0 Å². The smallest absolute Gasteiger partial charge is 0.290 e. The van der Waals surface area contributed by atoms with Crippen molar-refractivity contribution in [2.24, 2.45) is 10.2 Å². The molecule has 1 N–H and O–H groups in total. The van der Waals surface area contributed by atoms with E-state index in [1.54, 1.807) is 0 Å². The summed E-state index contributed by atoms with van der Waals surface area (Å²) in [6.07, 6.45) is 2.37. The van der Waals surface area contributed by atoms with E-state index in [-0.39, 0.29) is 0 Å². The summed E-state index contributed by atoms with van der Waals surface area (Å²) in [5, 5.41) is 7.46. The van der Waals surface area contributed by atoms with Gasteiger partial charge in [0.1, 0.15) is 0 Å². The highest BCUT2D eigenvalue weighted by Crippen LogP contribution is 1.81. The van der Waals surface area contributed by atoms with Crippen molar-refractivity contribution in [1.29, 1.82) is 0 Å². The van der Waals surface area contributed by atoms with Crippen molar-refractivity contribution in [1.82, 2.24) is 5.43 Å². The van der Waals surface area contributed by atoms with Crippen molar-refractivity contribution in [2.45, 2.75) is 26.6 Å². The van der Waals surface area contributed by atoms with Gasteiger partial charge in [0.25, 0.3) is 7.41 Å². The van der Waals surface area contributed by atoms with Crippen LogP contribution in [0.25, 0.3) is 0 Å². The van der Waals surface area contributed by atoms with Crippen LogP contribution in [-0.4, -0.2) is 14.0 Å². The molecule has 0 saturated heterocycles. The molecule has 0 heterocycles. The highest BCUT2D eigenvalue weighted by molar-refractivity contribution is 6.30. The van der Waals surface area contributed by atoms with Gasteiger partial charge in [-0.05, 0) is 6.42 Å². The minimum atomic E-state index is 0.763. The minimum absolute atomic E-state index is 0.763. The monoisotopic (exact) mass is 127 g/mol. The summed E-state index contributed by atoms with van der Waals surface area (Å²) >= 11 is 0. The van der Waals surface area contributed by atoms with E-state index in [1.807, 2.05) is 6.82 Å². The van der Waals surface area contributed by atoms with Gasteiger partial charge in [0.2, 0.25) is 0 Å². The van der Waals surface area contributed by atoms with Crippen molar-refractivity contribution < 1.29 is 0 Å². The number of unbranched alkanes of at least 4 members (excludes halogenated alkanes) is 1. The fraction of sp³-hybridized carbons (Fsp3) is 1.00. The quantitative estimate of drug-likeness (QED) is 0.255. The van der Waals surface area contributed by atoms with E-state index in [1.165, 1.54) is 12.8 Å². The molecule has 0 unspecified atom stereocenters. The van der Waals surface area contributed by atoms with E-state index in [4.69, 9.17) is 0 Å². The number of nitrogens with one attached hydrogen (secondary N) is 1. The Morgan fingerprint density at radius 1 is 1.56 bits per heavy atom. The van der Waals surface area contributed by atoms with Crippen molar-refractivity contribution in [3.8, 4) is 0 Å². The first-order valence-electron chi connectivity index (χ1n) is 3.51. The van der Waals surface area contributed by atoms with Gasteiger partial charge in [0.05, 0.1) is 0 Å². The van der Waals surface area contributed by atoms with Crippen molar-refractivity contribution in [3.05, 3.63) is 0 Å².